The molecule has 1 fully saturated rings. The Labute approximate surface area is 93.5 Å². The molecule has 3 nitrogen and oxygen atoms in total. The zero-order chi connectivity index (χ0) is 11.1. The maximum atomic E-state index is 5.41. The van der Waals surface area contributed by atoms with Crippen LogP contribution in [0.2, 0.25) is 0 Å². The quantitative estimate of drug-likeness (QED) is 0.733. The first kappa shape index (κ1) is 12.9. The topological polar surface area (TPSA) is 30.5 Å². The highest BCUT2D eigenvalue weighted by atomic mass is 16.5. The molecule has 0 heterocycles. The maximum Gasteiger partial charge on any atom is 0.0586 e. The molecule has 15 heavy (non-hydrogen) atoms. The van der Waals surface area contributed by atoms with Crippen LogP contribution in [0.5, 0.6) is 0 Å². The van der Waals surface area contributed by atoms with Gasteiger partial charge in [0.2, 0.25) is 0 Å². The van der Waals surface area contributed by atoms with Crippen LogP contribution in [-0.4, -0.2) is 39.5 Å². The third kappa shape index (κ3) is 4.96. The van der Waals surface area contributed by atoms with Gasteiger partial charge in [-0.05, 0) is 31.6 Å². The largest absolute Gasteiger partial charge is 0.384 e. The van der Waals surface area contributed by atoms with Gasteiger partial charge in [-0.25, -0.2) is 0 Å². The predicted molar refractivity (Wildman–Crippen MR) is 62.1 cm³/mol. The number of ether oxygens (including phenoxy) is 2. The summed E-state index contributed by atoms with van der Waals surface area (Å²) < 4.78 is 10.5. The van der Waals surface area contributed by atoms with Gasteiger partial charge in [-0.1, -0.05) is 6.92 Å². The minimum Gasteiger partial charge on any atom is -0.384 e. The van der Waals surface area contributed by atoms with Gasteiger partial charge in [-0.15, -0.1) is 0 Å². The van der Waals surface area contributed by atoms with Gasteiger partial charge >= 0.3 is 0 Å². The molecule has 1 N–H and O–H groups in total. The molecule has 0 aromatic rings. The molecule has 0 radical (unpaired) electrons. The van der Waals surface area contributed by atoms with Crippen LogP contribution in [0.3, 0.4) is 0 Å². The average Bonchev–Trinajstić information content (AvgIpc) is 2.27. The van der Waals surface area contributed by atoms with Gasteiger partial charge in [0.1, 0.15) is 0 Å². The van der Waals surface area contributed by atoms with Crippen molar-refractivity contribution in [3.63, 3.8) is 0 Å². The van der Waals surface area contributed by atoms with E-state index in [4.69, 9.17) is 9.47 Å². The maximum absolute atomic E-state index is 5.41. The number of hydrogen-bond acceptors (Lipinski definition) is 3. The molecular formula is C12H25NO2. The second kappa shape index (κ2) is 7.20. The highest BCUT2D eigenvalue weighted by molar-refractivity contribution is 4.78. The van der Waals surface area contributed by atoms with Crippen LogP contribution in [-0.2, 0) is 9.47 Å². The fourth-order valence-electron chi connectivity index (χ4n) is 2.26. The molecule has 3 atom stereocenters. The van der Waals surface area contributed by atoms with Gasteiger partial charge in [0.05, 0.1) is 6.10 Å². The Morgan fingerprint density at radius 2 is 2.13 bits per heavy atom. The fraction of sp³-hybridized carbons (Fsp3) is 1.00. The standard InChI is InChI=1S/C12H25NO2/c1-10(9-14-2)8-13-11-5-4-6-12(7-11)15-3/h10-13H,4-9H2,1-3H3. The van der Waals surface area contributed by atoms with Crippen LogP contribution in [0.15, 0.2) is 0 Å². The SMILES string of the molecule is COCC(C)CNC1CCCC(OC)C1. The first-order valence-corrected chi connectivity index (χ1v) is 6.01. The van der Waals surface area contributed by atoms with Gasteiger partial charge in [0.25, 0.3) is 0 Å². The van der Waals surface area contributed by atoms with Crippen molar-refractivity contribution in [3.8, 4) is 0 Å². The first-order valence-electron chi connectivity index (χ1n) is 6.01. The molecular weight excluding hydrogens is 190 g/mol. The summed E-state index contributed by atoms with van der Waals surface area (Å²) in [6.45, 7) is 4.11. The third-order valence-electron chi connectivity index (χ3n) is 3.17. The van der Waals surface area contributed by atoms with Crippen LogP contribution >= 0.6 is 0 Å². The van der Waals surface area contributed by atoms with E-state index < -0.39 is 0 Å². The van der Waals surface area contributed by atoms with E-state index in [1.54, 1.807) is 7.11 Å². The lowest BCUT2D eigenvalue weighted by atomic mass is 9.92. The fourth-order valence-corrected chi connectivity index (χ4v) is 2.26. The van der Waals surface area contributed by atoms with Gasteiger partial charge in [0, 0.05) is 33.4 Å². The molecule has 0 spiro atoms. The van der Waals surface area contributed by atoms with Crippen molar-refractivity contribution in [1.82, 2.24) is 5.32 Å². The van der Waals surface area contributed by atoms with Crippen LogP contribution in [0.4, 0.5) is 0 Å². The molecule has 3 heteroatoms. The minimum atomic E-state index is 0.467. The predicted octanol–water partition coefficient (Wildman–Crippen LogP) is 1.82. The molecule has 90 valence electrons. The highest BCUT2D eigenvalue weighted by Gasteiger charge is 2.21. The summed E-state index contributed by atoms with van der Waals surface area (Å²) in [5, 5.41) is 3.61. The van der Waals surface area contributed by atoms with Gasteiger partial charge in [-0.2, -0.15) is 0 Å². The van der Waals surface area contributed by atoms with Gasteiger partial charge in [0.15, 0.2) is 0 Å². The molecule has 0 aromatic heterocycles. The van der Waals surface area contributed by atoms with Crippen molar-refractivity contribution < 1.29 is 9.47 Å². The van der Waals surface area contributed by atoms with E-state index in [1.165, 1.54) is 19.3 Å². The highest BCUT2D eigenvalue weighted by Crippen LogP contribution is 2.20. The molecule has 3 unspecified atom stereocenters. The van der Waals surface area contributed by atoms with Gasteiger partial charge < -0.3 is 14.8 Å². The number of nitrogens with one attached hydrogen (secondary N) is 1. The van der Waals surface area contributed by atoms with Crippen molar-refractivity contribution in [2.45, 2.75) is 44.8 Å². The van der Waals surface area contributed by atoms with E-state index in [9.17, 15) is 0 Å². The van der Waals surface area contributed by atoms with Crippen molar-refractivity contribution in [3.05, 3.63) is 0 Å². The second-order valence-electron chi connectivity index (χ2n) is 4.69. The summed E-state index contributed by atoms with van der Waals surface area (Å²) in [6.07, 6.45) is 5.43. The number of rotatable bonds is 6. The Bertz CT molecular complexity index is 164. The lowest BCUT2D eigenvalue weighted by Crippen LogP contribution is -2.39. The van der Waals surface area contributed by atoms with Gasteiger partial charge in [-0.3, -0.25) is 0 Å². The van der Waals surface area contributed by atoms with Crippen molar-refractivity contribution in [2.75, 3.05) is 27.4 Å². The van der Waals surface area contributed by atoms with Crippen molar-refractivity contribution in [2.24, 2.45) is 5.92 Å². The summed E-state index contributed by atoms with van der Waals surface area (Å²) >= 11 is 0. The molecule has 1 aliphatic rings. The average molecular weight is 215 g/mol. The summed E-state index contributed by atoms with van der Waals surface area (Å²) in [4.78, 5) is 0. The Morgan fingerprint density at radius 1 is 1.33 bits per heavy atom. The van der Waals surface area contributed by atoms with Crippen LogP contribution < -0.4 is 5.32 Å². The molecule has 0 amide bonds. The Kier molecular flexibility index (Phi) is 6.22. The van der Waals surface area contributed by atoms with Crippen LogP contribution in [0, 0.1) is 5.92 Å². The number of methoxy groups -OCH3 is 2. The molecule has 0 aliphatic heterocycles. The van der Waals surface area contributed by atoms with E-state index in [0.717, 1.165) is 19.6 Å². The summed E-state index contributed by atoms with van der Waals surface area (Å²) in [7, 11) is 3.58. The molecule has 0 aromatic carbocycles. The van der Waals surface area contributed by atoms with E-state index in [1.807, 2.05) is 7.11 Å². The third-order valence-corrected chi connectivity index (χ3v) is 3.17. The van der Waals surface area contributed by atoms with E-state index in [0.29, 0.717) is 18.1 Å². The Morgan fingerprint density at radius 3 is 2.80 bits per heavy atom. The van der Waals surface area contributed by atoms with Crippen molar-refractivity contribution in [1.29, 1.82) is 0 Å². The summed E-state index contributed by atoms with van der Waals surface area (Å²) in [5.41, 5.74) is 0. The smallest absolute Gasteiger partial charge is 0.0586 e. The molecule has 1 rings (SSSR count). The normalized spacial score (nSPS) is 29.0. The van der Waals surface area contributed by atoms with E-state index in [2.05, 4.69) is 12.2 Å². The second-order valence-corrected chi connectivity index (χ2v) is 4.69. The summed E-state index contributed by atoms with van der Waals surface area (Å²) in [5.74, 6) is 0.595. The van der Waals surface area contributed by atoms with E-state index >= 15 is 0 Å². The zero-order valence-electron chi connectivity index (χ0n) is 10.3. The molecule has 1 saturated carbocycles. The Balaban J connectivity index is 2.14. The monoisotopic (exact) mass is 215 g/mol. The lowest BCUT2D eigenvalue weighted by molar-refractivity contribution is 0.0573. The molecule has 0 saturated heterocycles. The van der Waals surface area contributed by atoms with Crippen molar-refractivity contribution >= 4 is 0 Å². The van der Waals surface area contributed by atoms with Crippen LogP contribution in [0.1, 0.15) is 32.6 Å². The van der Waals surface area contributed by atoms with E-state index in [-0.39, 0.29) is 0 Å². The first-order chi connectivity index (χ1) is 7.26. The zero-order valence-corrected chi connectivity index (χ0v) is 10.3. The Hall–Kier alpha value is -0.120. The summed E-state index contributed by atoms with van der Waals surface area (Å²) in [6, 6.07) is 0.642. The molecule has 0 bridgehead atoms. The number of hydrogen-bond donors (Lipinski definition) is 1. The lowest BCUT2D eigenvalue weighted by Gasteiger charge is -2.29. The van der Waals surface area contributed by atoms with Crippen LogP contribution in [0.25, 0.3) is 0 Å². The minimum absolute atomic E-state index is 0.467. The molecule has 1 aliphatic carbocycles.